The van der Waals surface area contributed by atoms with E-state index in [2.05, 4.69) is 59.8 Å². The minimum atomic E-state index is 0.434. The predicted molar refractivity (Wildman–Crippen MR) is 90.0 cm³/mol. The fourth-order valence-corrected chi connectivity index (χ4v) is 2.87. The quantitative estimate of drug-likeness (QED) is 0.828. The fourth-order valence-electron chi connectivity index (χ4n) is 2.87. The van der Waals surface area contributed by atoms with Crippen LogP contribution >= 0.6 is 0 Å². The summed E-state index contributed by atoms with van der Waals surface area (Å²) in [5, 5.41) is 0. The number of nitrogens with zero attached hydrogens (tertiary/aromatic N) is 1. The lowest BCUT2D eigenvalue weighted by molar-refractivity contribution is 0.155. The lowest BCUT2D eigenvalue weighted by Gasteiger charge is -2.15. The topological polar surface area (TPSA) is 24.5 Å². The van der Waals surface area contributed by atoms with E-state index >= 15 is 0 Å². The third-order valence-electron chi connectivity index (χ3n) is 4.24. The standard InChI is InChI=1S/C19H24N2O/c1-2-21-13-12-18(15-21)20-22-19-10-8-17(9-11-19)14-16-6-4-3-5-7-16/h3-11,18,20H,2,12-15H2,1H3. The van der Waals surface area contributed by atoms with E-state index in [-0.39, 0.29) is 0 Å². The second-order valence-electron chi connectivity index (χ2n) is 5.91. The van der Waals surface area contributed by atoms with Crippen LogP contribution in [0.1, 0.15) is 24.5 Å². The molecule has 0 radical (unpaired) electrons. The average Bonchev–Trinajstić information content (AvgIpc) is 3.03. The third kappa shape index (κ3) is 4.09. The first kappa shape index (κ1) is 15.1. The average molecular weight is 296 g/mol. The van der Waals surface area contributed by atoms with Crippen molar-refractivity contribution in [3.8, 4) is 5.75 Å². The molecule has 0 saturated carbocycles. The number of hydrogen-bond acceptors (Lipinski definition) is 3. The third-order valence-corrected chi connectivity index (χ3v) is 4.24. The summed E-state index contributed by atoms with van der Waals surface area (Å²) in [6, 6.07) is 19.3. The first-order valence-electron chi connectivity index (χ1n) is 8.11. The van der Waals surface area contributed by atoms with Crippen molar-refractivity contribution in [3.63, 3.8) is 0 Å². The van der Waals surface area contributed by atoms with E-state index < -0.39 is 0 Å². The Balaban J connectivity index is 1.49. The smallest absolute Gasteiger partial charge is 0.147 e. The molecule has 1 saturated heterocycles. The SMILES string of the molecule is CCN1CCC(NOc2ccc(Cc3ccccc3)cc2)C1. The van der Waals surface area contributed by atoms with Crippen molar-refractivity contribution in [3.05, 3.63) is 65.7 Å². The van der Waals surface area contributed by atoms with Crippen LogP contribution < -0.4 is 10.3 Å². The molecule has 0 spiro atoms. The van der Waals surface area contributed by atoms with Gasteiger partial charge in [-0.25, -0.2) is 0 Å². The van der Waals surface area contributed by atoms with Crippen LogP contribution in [-0.2, 0) is 6.42 Å². The summed E-state index contributed by atoms with van der Waals surface area (Å²) < 4.78 is 0. The molecule has 1 atom stereocenters. The van der Waals surface area contributed by atoms with E-state index in [4.69, 9.17) is 4.84 Å². The van der Waals surface area contributed by atoms with Crippen molar-refractivity contribution in [1.82, 2.24) is 10.4 Å². The number of rotatable bonds is 6. The summed E-state index contributed by atoms with van der Waals surface area (Å²) in [6.45, 7) is 5.55. The summed E-state index contributed by atoms with van der Waals surface area (Å²) in [7, 11) is 0. The molecular formula is C19H24N2O. The van der Waals surface area contributed by atoms with Crippen LogP contribution in [0.15, 0.2) is 54.6 Å². The molecule has 0 aliphatic carbocycles. The number of nitrogens with one attached hydrogen (secondary N) is 1. The maximum Gasteiger partial charge on any atom is 0.147 e. The molecule has 1 N–H and O–H groups in total. The normalized spacial score (nSPS) is 18.5. The van der Waals surface area contributed by atoms with Gasteiger partial charge in [-0.2, -0.15) is 5.48 Å². The zero-order chi connectivity index (χ0) is 15.2. The van der Waals surface area contributed by atoms with E-state index in [9.17, 15) is 0 Å². The zero-order valence-corrected chi connectivity index (χ0v) is 13.2. The Bertz CT molecular complexity index is 568. The van der Waals surface area contributed by atoms with E-state index in [0.717, 1.165) is 38.2 Å². The molecule has 1 fully saturated rings. The first-order chi connectivity index (χ1) is 10.8. The van der Waals surface area contributed by atoms with E-state index in [1.807, 2.05) is 12.1 Å². The maximum atomic E-state index is 5.71. The highest BCUT2D eigenvalue weighted by atomic mass is 16.6. The van der Waals surface area contributed by atoms with Crippen LogP contribution in [0, 0.1) is 0 Å². The molecular weight excluding hydrogens is 272 g/mol. The Morgan fingerprint density at radius 2 is 1.77 bits per heavy atom. The van der Waals surface area contributed by atoms with Gasteiger partial charge in [0.1, 0.15) is 5.75 Å². The summed E-state index contributed by atoms with van der Waals surface area (Å²) in [6.07, 6.45) is 2.11. The highest BCUT2D eigenvalue weighted by molar-refractivity contribution is 5.31. The molecule has 2 aromatic carbocycles. The number of hydroxylamine groups is 1. The van der Waals surface area contributed by atoms with Gasteiger partial charge in [0.2, 0.25) is 0 Å². The Morgan fingerprint density at radius 1 is 1.05 bits per heavy atom. The largest absolute Gasteiger partial charge is 0.408 e. The minimum absolute atomic E-state index is 0.434. The number of benzene rings is 2. The van der Waals surface area contributed by atoms with Gasteiger partial charge in [-0.1, -0.05) is 49.4 Å². The number of hydrogen-bond donors (Lipinski definition) is 1. The summed E-state index contributed by atoms with van der Waals surface area (Å²) in [5.74, 6) is 0.881. The highest BCUT2D eigenvalue weighted by Crippen LogP contribution is 2.16. The molecule has 3 nitrogen and oxygen atoms in total. The van der Waals surface area contributed by atoms with Gasteiger partial charge < -0.3 is 9.74 Å². The van der Waals surface area contributed by atoms with Gasteiger partial charge in [-0.3, -0.25) is 0 Å². The van der Waals surface area contributed by atoms with Crippen LogP contribution in [0.2, 0.25) is 0 Å². The lowest BCUT2D eigenvalue weighted by atomic mass is 10.1. The van der Waals surface area contributed by atoms with Crippen LogP contribution in [0.25, 0.3) is 0 Å². The van der Waals surface area contributed by atoms with Gasteiger partial charge in [-0.05, 0) is 49.2 Å². The van der Waals surface area contributed by atoms with Crippen molar-refractivity contribution in [2.75, 3.05) is 19.6 Å². The molecule has 1 aliphatic rings. The van der Waals surface area contributed by atoms with Gasteiger partial charge in [0.15, 0.2) is 0 Å². The number of likely N-dealkylation sites (tertiary alicyclic amines) is 1. The fraction of sp³-hybridized carbons (Fsp3) is 0.368. The highest BCUT2D eigenvalue weighted by Gasteiger charge is 2.21. The molecule has 0 amide bonds. The van der Waals surface area contributed by atoms with E-state index in [1.165, 1.54) is 11.1 Å². The van der Waals surface area contributed by atoms with Gasteiger partial charge in [-0.15, -0.1) is 0 Å². The van der Waals surface area contributed by atoms with Gasteiger partial charge in [0.25, 0.3) is 0 Å². The predicted octanol–water partition coefficient (Wildman–Crippen LogP) is 3.26. The van der Waals surface area contributed by atoms with Gasteiger partial charge in [0.05, 0.1) is 6.04 Å². The Hall–Kier alpha value is -1.84. The molecule has 0 bridgehead atoms. The van der Waals surface area contributed by atoms with Crippen LogP contribution in [0.5, 0.6) is 5.75 Å². The molecule has 3 rings (SSSR count). The second kappa shape index (κ2) is 7.43. The molecule has 1 heterocycles. The summed E-state index contributed by atoms with van der Waals surface area (Å²) in [5.41, 5.74) is 5.83. The van der Waals surface area contributed by atoms with Crippen LogP contribution in [0.3, 0.4) is 0 Å². The zero-order valence-electron chi connectivity index (χ0n) is 13.2. The monoisotopic (exact) mass is 296 g/mol. The van der Waals surface area contributed by atoms with Crippen molar-refractivity contribution in [1.29, 1.82) is 0 Å². The van der Waals surface area contributed by atoms with Crippen molar-refractivity contribution in [2.24, 2.45) is 0 Å². The summed E-state index contributed by atoms with van der Waals surface area (Å²) in [4.78, 5) is 8.15. The van der Waals surface area contributed by atoms with Gasteiger partial charge >= 0.3 is 0 Å². The molecule has 22 heavy (non-hydrogen) atoms. The Labute approximate surface area is 132 Å². The van der Waals surface area contributed by atoms with Crippen molar-refractivity contribution in [2.45, 2.75) is 25.8 Å². The van der Waals surface area contributed by atoms with Crippen molar-refractivity contribution >= 4 is 0 Å². The van der Waals surface area contributed by atoms with E-state index in [1.54, 1.807) is 0 Å². The maximum absolute atomic E-state index is 5.71. The molecule has 3 heteroatoms. The second-order valence-corrected chi connectivity index (χ2v) is 5.91. The molecule has 2 aromatic rings. The van der Waals surface area contributed by atoms with Crippen LogP contribution in [-0.4, -0.2) is 30.6 Å². The Morgan fingerprint density at radius 3 is 2.45 bits per heavy atom. The minimum Gasteiger partial charge on any atom is -0.408 e. The Kier molecular flexibility index (Phi) is 5.09. The van der Waals surface area contributed by atoms with Crippen molar-refractivity contribution < 1.29 is 4.84 Å². The summed E-state index contributed by atoms with van der Waals surface area (Å²) >= 11 is 0. The molecule has 116 valence electrons. The molecule has 1 unspecified atom stereocenters. The number of likely N-dealkylation sites (N-methyl/N-ethyl adjacent to an activating group) is 1. The first-order valence-corrected chi connectivity index (χ1v) is 8.11. The van der Waals surface area contributed by atoms with Crippen LogP contribution in [0.4, 0.5) is 0 Å². The van der Waals surface area contributed by atoms with Gasteiger partial charge in [0, 0.05) is 6.54 Å². The molecule has 1 aliphatic heterocycles. The lowest BCUT2D eigenvalue weighted by Crippen LogP contribution is -2.34. The van der Waals surface area contributed by atoms with E-state index in [0.29, 0.717) is 6.04 Å². The molecule has 0 aromatic heterocycles.